The normalized spacial score (nSPS) is 11.8. The fraction of sp³-hybridized carbons (Fsp3) is 0.407. The highest BCUT2D eigenvalue weighted by Gasteiger charge is 2.07. The molecule has 1 atom stereocenters. The predicted octanol–water partition coefficient (Wildman–Crippen LogP) is 6.04. The maximum absolute atomic E-state index is 12.4. The van der Waals surface area contributed by atoms with Gasteiger partial charge < -0.3 is 14.8 Å². The Balaban J connectivity index is 1.86. The van der Waals surface area contributed by atoms with E-state index in [1.165, 1.54) is 24.5 Å². The first kappa shape index (κ1) is 25.2. The minimum absolute atomic E-state index is 0.229. The Labute approximate surface area is 191 Å². The van der Waals surface area contributed by atoms with Crippen molar-refractivity contribution >= 4 is 23.6 Å². The van der Waals surface area contributed by atoms with E-state index in [1.54, 1.807) is 25.1 Å². The van der Waals surface area contributed by atoms with Crippen LogP contribution in [0.2, 0.25) is 0 Å². The zero-order valence-corrected chi connectivity index (χ0v) is 19.4. The van der Waals surface area contributed by atoms with Gasteiger partial charge >= 0.3 is 5.97 Å². The molecule has 1 unspecified atom stereocenters. The number of nitrogens with one attached hydrogen (secondary N) is 1. The number of benzene rings is 2. The van der Waals surface area contributed by atoms with Gasteiger partial charge in [-0.3, -0.25) is 9.59 Å². The Bertz CT molecular complexity index is 873. The minimum atomic E-state index is -0.230. The minimum Gasteiger partial charge on any atom is -0.491 e. The summed E-state index contributed by atoms with van der Waals surface area (Å²) in [6.45, 7) is 7.02. The van der Waals surface area contributed by atoms with E-state index in [1.807, 2.05) is 24.3 Å². The van der Waals surface area contributed by atoms with E-state index in [-0.39, 0.29) is 11.9 Å². The third-order valence-corrected chi connectivity index (χ3v) is 5.01. The lowest BCUT2D eigenvalue weighted by atomic mass is 9.96. The lowest BCUT2D eigenvalue weighted by Crippen LogP contribution is -2.10. The third kappa shape index (κ3) is 9.38. The van der Waals surface area contributed by atoms with Crippen molar-refractivity contribution in [1.29, 1.82) is 0 Å². The SMILES string of the molecule is CCCC(C)Cc1ccc(C=CC(=O)Nc2ccccc2OCCCC(=O)OCC)cc1. The molecule has 172 valence electrons. The van der Waals surface area contributed by atoms with Crippen LogP contribution >= 0.6 is 0 Å². The monoisotopic (exact) mass is 437 g/mol. The number of hydrogen-bond donors (Lipinski definition) is 1. The zero-order valence-electron chi connectivity index (χ0n) is 19.4. The van der Waals surface area contributed by atoms with Gasteiger partial charge in [-0.1, -0.05) is 63.1 Å². The van der Waals surface area contributed by atoms with Crippen molar-refractivity contribution in [2.45, 2.75) is 52.9 Å². The number of hydrogen-bond acceptors (Lipinski definition) is 4. The molecule has 0 aliphatic heterocycles. The van der Waals surface area contributed by atoms with Crippen LogP contribution in [0.25, 0.3) is 6.08 Å². The molecule has 0 fully saturated rings. The molecule has 0 aliphatic rings. The van der Waals surface area contributed by atoms with Crippen molar-refractivity contribution in [3.05, 3.63) is 65.7 Å². The maximum Gasteiger partial charge on any atom is 0.305 e. The molecule has 1 N–H and O–H groups in total. The lowest BCUT2D eigenvalue weighted by Gasteiger charge is -2.11. The predicted molar refractivity (Wildman–Crippen MR) is 130 cm³/mol. The summed E-state index contributed by atoms with van der Waals surface area (Å²) >= 11 is 0. The average molecular weight is 438 g/mol. The molecule has 0 saturated carbocycles. The number of carbonyl (C=O) groups is 2. The molecule has 0 aliphatic carbocycles. The molecule has 0 bridgehead atoms. The second-order valence-electron chi connectivity index (χ2n) is 7.92. The third-order valence-electron chi connectivity index (χ3n) is 5.01. The van der Waals surface area contributed by atoms with Crippen LogP contribution in [0, 0.1) is 5.92 Å². The van der Waals surface area contributed by atoms with Gasteiger partial charge in [0.15, 0.2) is 0 Å². The summed E-state index contributed by atoms with van der Waals surface area (Å²) in [5.74, 6) is 0.794. The molecule has 0 aromatic heterocycles. The van der Waals surface area contributed by atoms with Crippen molar-refractivity contribution in [3.8, 4) is 5.75 Å². The summed E-state index contributed by atoms with van der Waals surface area (Å²) < 4.78 is 10.7. The second kappa shape index (κ2) is 14.1. The van der Waals surface area contributed by atoms with Gasteiger partial charge in [0.1, 0.15) is 5.75 Å². The smallest absolute Gasteiger partial charge is 0.305 e. The van der Waals surface area contributed by atoms with E-state index in [0.29, 0.717) is 43.4 Å². The lowest BCUT2D eigenvalue weighted by molar-refractivity contribution is -0.143. The Hall–Kier alpha value is -3.08. The van der Waals surface area contributed by atoms with E-state index in [9.17, 15) is 9.59 Å². The fourth-order valence-corrected chi connectivity index (χ4v) is 3.44. The summed E-state index contributed by atoms with van der Waals surface area (Å²) in [4.78, 5) is 23.8. The van der Waals surface area contributed by atoms with E-state index >= 15 is 0 Å². The van der Waals surface area contributed by atoms with Crippen LogP contribution in [-0.2, 0) is 20.7 Å². The molecular weight excluding hydrogens is 402 g/mol. The number of anilines is 1. The summed E-state index contributed by atoms with van der Waals surface area (Å²) in [6, 6.07) is 15.6. The van der Waals surface area contributed by atoms with Crippen molar-refractivity contribution in [3.63, 3.8) is 0 Å². The summed E-state index contributed by atoms with van der Waals surface area (Å²) in [7, 11) is 0. The number of amides is 1. The van der Waals surface area contributed by atoms with E-state index < -0.39 is 0 Å². The molecule has 5 nitrogen and oxygen atoms in total. The van der Waals surface area contributed by atoms with Crippen LogP contribution in [0.4, 0.5) is 5.69 Å². The van der Waals surface area contributed by atoms with E-state index in [2.05, 4.69) is 31.3 Å². The van der Waals surface area contributed by atoms with Gasteiger partial charge in [0.2, 0.25) is 5.91 Å². The van der Waals surface area contributed by atoms with Gasteiger partial charge in [-0.25, -0.2) is 0 Å². The van der Waals surface area contributed by atoms with Crippen molar-refractivity contribution in [2.75, 3.05) is 18.5 Å². The van der Waals surface area contributed by atoms with Gasteiger partial charge in [0, 0.05) is 12.5 Å². The van der Waals surface area contributed by atoms with Crippen LogP contribution in [-0.4, -0.2) is 25.1 Å². The molecule has 2 aromatic carbocycles. The average Bonchev–Trinajstić information content (AvgIpc) is 2.77. The molecule has 0 radical (unpaired) electrons. The number of para-hydroxylation sites is 2. The highest BCUT2D eigenvalue weighted by atomic mass is 16.5. The van der Waals surface area contributed by atoms with Crippen LogP contribution < -0.4 is 10.1 Å². The maximum atomic E-state index is 12.4. The van der Waals surface area contributed by atoms with Gasteiger partial charge in [-0.05, 0) is 55.0 Å². The van der Waals surface area contributed by atoms with Gasteiger partial charge in [-0.15, -0.1) is 0 Å². The Morgan fingerprint density at radius 3 is 2.53 bits per heavy atom. The molecule has 0 spiro atoms. The Morgan fingerprint density at radius 1 is 1.06 bits per heavy atom. The number of carbonyl (C=O) groups excluding carboxylic acids is 2. The molecule has 2 rings (SSSR count). The van der Waals surface area contributed by atoms with Crippen LogP contribution in [0.1, 0.15) is 57.6 Å². The van der Waals surface area contributed by atoms with E-state index in [0.717, 1.165) is 12.0 Å². The van der Waals surface area contributed by atoms with Crippen LogP contribution in [0.5, 0.6) is 5.75 Å². The second-order valence-corrected chi connectivity index (χ2v) is 7.92. The van der Waals surface area contributed by atoms with Crippen LogP contribution in [0.15, 0.2) is 54.6 Å². The largest absolute Gasteiger partial charge is 0.491 e. The molecule has 1 amide bonds. The van der Waals surface area contributed by atoms with Crippen LogP contribution in [0.3, 0.4) is 0 Å². The quantitative estimate of drug-likeness (QED) is 0.236. The number of esters is 1. The molecule has 32 heavy (non-hydrogen) atoms. The molecule has 0 saturated heterocycles. The molecule has 2 aromatic rings. The first-order chi connectivity index (χ1) is 15.5. The molecule has 0 heterocycles. The van der Waals surface area contributed by atoms with Gasteiger partial charge in [0.25, 0.3) is 0 Å². The van der Waals surface area contributed by atoms with Crippen molar-refractivity contribution < 1.29 is 19.1 Å². The van der Waals surface area contributed by atoms with Crippen molar-refractivity contribution in [2.24, 2.45) is 5.92 Å². The highest BCUT2D eigenvalue weighted by Crippen LogP contribution is 2.24. The van der Waals surface area contributed by atoms with Crippen molar-refractivity contribution in [1.82, 2.24) is 0 Å². The molecular formula is C27H35NO4. The molecule has 5 heteroatoms. The summed E-state index contributed by atoms with van der Waals surface area (Å²) in [6.07, 6.45) is 7.70. The number of rotatable bonds is 13. The topological polar surface area (TPSA) is 64.6 Å². The number of ether oxygens (including phenoxy) is 2. The van der Waals surface area contributed by atoms with Gasteiger partial charge in [-0.2, -0.15) is 0 Å². The first-order valence-corrected chi connectivity index (χ1v) is 11.5. The van der Waals surface area contributed by atoms with Gasteiger partial charge in [0.05, 0.1) is 18.9 Å². The van der Waals surface area contributed by atoms with E-state index in [4.69, 9.17) is 9.47 Å². The Morgan fingerprint density at radius 2 is 1.81 bits per heavy atom. The summed E-state index contributed by atoms with van der Waals surface area (Å²) in [5.41, 5.74) is 2.90. The first-order valence-electron chi connectivity index (χ1n) is 11.5. The summed E-state index contributed by atoms with van der Waals surface area (Å²) in [5, 5.41) is 2.86. The zero-order chi connectivity index (χ0) is 23.2. The Kier molecular flexibility index (Phi) is 11.1. The highest BCUT2D eigenvalue weighted by molar-refractivity contribution is 6.02. The fourth-order valence-electron chi connectivity index (χ4n) is 3.44. The standard InChI is InChI=1S/C27H35NO4/c1-4-9-21(3)20-23-15-13-22(14-16-23)17-18-26(29)28-24-10-6-7-11-25(24)32-19-8-12-27(30)31-5-2/h6-7,10-11,13-18,21H,4-5,8-9,12,19-20H2,1-3H3,(H,28,29).